The van der Waals surface area contributed by atoms with Crippen LogP contribution in [-0.4, -0.2) is 59.4 Å². The number of nitrogens with one attached hydrogen (secondary N) is 2. The third-order valence-electron chi connectivity index (χ3n) is 7.13. The van der Waals surface area contributed by atoms with Crippen LogP contribution >= 0.6 is 11.6 Å². The van der Waals surface area contributed by atoms with Gasteiger partial charge in [0.2, 0.25) is 5.95 Å². The lowest BCUT2D eigenvalue weighted by atomic mass is 9.91. The summed E-state index contributed by atoms with van der Waals surface area (Å²) < 4.78 is 28.0. The summed E-state index contributed by atoms with van der Waals surface area (Å²) in [6.07, 6.45) is 7.85. The SMILES string of the molecule is Cc1cc(NS(=O)(=O)c2ccc#cc2Cl)ncc1-c1cc(C)c2nc(NC3CCC(N(C)C)CC3)ncc2n1. The predicted octanol–water partition coefficient (Wildman–Crippen LogP) is 5.04. The van der Waals surface area contributed by atoms with Gasteiger partial charge in [0, 0.05) is 23.8 Å². The quantitative estimate of drug-likeness (QED) is 0.321. The maximum atomic E-state index is 12.8. The molecule has 0 atom stereocenters. The Labute approximate surface area is 234 Å². The van der Waals surface area contributed by atoms with Crippen molar-refractivity contribution < 1.29 is 8.42 Å². The van der Waals surface area contributed by atoms with Crippen LogP contribution in [-0.2, 0) is 10.0 Å². The number of nitrogens with zero attached hydrogens (tertiary/aromatic N) is 5. The first-order valence-electron chi connectivity index (χ1n) is 12.8. The Hall–Kier alpha value is -3.52. The van der Waals surface area contributed by atoms with E-state index in [2.05, 4.69) is 51.1 Å². The van der Waals surface area contributed by atoms with Gasteiger partial charge in [-0.15, -0.1) is 0 Å². The minimum Gasteiger partial charge on any atom is -0.351 e. The van der Waals surface area contributed by atoms with Gasteiger partial charge in [0.05, 0.1) is 17.4 Å². The van der Waals surface area contributed by atoms with Crippen LogP contribution in [0.5, 0.6) is 0 Å². The molecule has 0 saturated heterocycles. The van der Waals surface area contributed by atoms with Crippen molar-refractivity contribution in [2.75, 3.05) is 24.1 Å². The molecule has 0 amide bonds. The van der Waals surface area contributed by atoms with Gasteiger partial charge in [-0.1, -0.05) is 17.7 Å². The Morgan fingerprint density at radius 1 is 1.03 bits per heavy atom. The van der Waals surface area contributed by atoms with Crippen LogP contribution in [0.25, 0.3) is 22.3 Å². The second-order valence-electron chi connectivity index (χ2n) is 10.1. The number of aryl methyl sites for hydroxylation is 2. The van der Waals surface area contributed by atoms with Gasteiger partial charge in [0.1, 0.15) is 21.3 Å². The molecule has 11 heteroatoms. The summed E-state index contributed by atoms with van der Waals surface area (Å²) in [5.41, 5.74) is 4.74. The van der Waals surface area contributed by atoms with Crippen molar-refractivity contribution in [3.8, 4) is 11.3 Å². The van der Waals surface area contributed by atoms with E-state index in [1.165, 1.54) is 12.1 Å². The molecule has 0 radical (unpaired) electrons. The van der Waals surface area contributed by atoms with Gasteiger partial charge in [0.15, 0.2) is 0 Å². The number of fused-ring (bicyclic) bond motifs is 1. The van der Waals surface area contributed by atoms with E-state index >= 15 is 0 Å². The zero-order valence-electron chi connectivity index (χ0n) is 22.3. The highest BCUT2D eigenvalue weighted by Crippen LogP contribution is 2.29. The van der Waals surface area contributed by atoms with E-state index in [4.69, 9.17) is 21.6 Å². The van der Waals surface area contributed by atoms with Crippen molar-refractivity contribution >= 4 is 44.4 Å². The van der Waals surface area contributed by atoms with E-state index < -0.39 is 10.0 Å². The van der Waals surface area contributed by atoms with Crippen molar-refractivity contribution in [1.82, 2.24) is 24.8 Å². The lowest BCUT2D eigenvalue weighted by molar-refractivity contribution is 0.221. The fraction of sp³-hybridized carbons (Fsp3) is 0.357. The molecule has 5 rings (SSSR count). The summed E-state index contributed by atoms with van der Waals surface area (Å²) in [5, 5.41) is 3.47. The van der Waals surface area contributed by atoms with E-state index in [1.54, 1.807) is 18.5 Å². The van der Waals surface area contributed by atoms with Crippen LogP contribution in [0.15, 0.2) is 41.6 Å². The number of halogens is 1. The molecule has 0 bridgehead atoms. The molecule has 1 saturated carbocycles. The van der Waals surface area contributed by atoms with Crippen molar-refractivity contribution in [2.45, 2.75) is 56.5 Å². The Bertz CT molecular complexity index is 1620. The molecular formula is C28H30ClN7O2S. The molecule has 4 aromatic rings. The zero-order chi connectivity index (χ0) is 27.7. The molecule has 39 heavy (non-hydrogen) atoms. The van der Waals surface area contributed by atoms with Crippen LogP contribution in [0.3, 0.4) is 0 Å². The van der Waals surface area contributed by atoms with E-state index in [9.17, 15) is 8.42 Å². The summed E-state index contributed by atoms with van der Waals surface area (Å²) >= 11 is 6.00. The number of anilines is 2. The molecule has 9 nitrogen and oxygen atoms in total. The number of hydrogen-bond donors (Lipinski definition) is 2. The molecule has 0 unspecified atom stereocenters. The number of aromatic nitrogens is 4. The zero-order valence-corrected chi connectivity index (χ0v) is 23.9. The highest BCUT2D eigenvalue weighted by molar-refractivity contribution is 7.92. The average molecular weight is 564 g/mol. The normalized spacial score (nSPS) is 17.7. The number of rotatable bonds is 7. The summed E-state index contributed by atoms with van der Waals surface area (Å²) in [4.78, 5) is 20.6. The minimum atomic E-state index is -3.93. The highest BCUT2D eigenvalue weighted by atomic mass is 35.5. The first-order valence-corrected chi connectivity index (χ1v) is 14.6. The van der Waals surface area contributed by atoms with Crippen molar-refractivity contribution in [3.63, 3.8) is 0 Å². The first-order chi connectivity index (χ1) is 18.6. The Morgan fingerprint density at radius 2 is 1.79 bits per heavy atom. The van der Waals surface area contributed by atoms with E-state index in [-0.39, 0.29) is 15.7 Å². The minimum absolute atomic E-state index is 0.0357. The van der Waals surface area contributed by atoms with E-state index in [0.29, 0.717) is 29.2 Å². The Balaban J connectivity index is 1.35. The fourth-order valence-electron chi connectivity index (χ4n) is 4.95. The molecule has 0 aliphatic heterocycles. The molecule has 1 fully saturated rings. The molecule has 3 aromatic heterocycles. The smallest absolute Gasteiger partial charge is 0.265 e. The molecule has 1 aliphatic rings. The van der Waals surface area contributed by atoms with Crippen LogP contribution in [0.4, 0.5) is 11.8 Å². The highest BCUT2D eigenvalue weighted by Gasteiger charge is 2.23. The van der Waals surface area contributed by atoms with Crippen molar-refractivity contribution in [2.24, 2.45) is 0 Å². The molecule has 1 aliphatic carbocycles. The van der Waals surface area contributed by atoms with Gasteiger partial charge in [-0.2, -0.15) is 0 Å². The summed E-state index contributed by atoms with van der Waals surface area (Å²) in [5.74, 6) is 0.799. The molecule has 202 valence electrons. The van der Waals surface area contributed by atoms with Crippen LogP contribution in [0.2, 0.25) is 5.02 Å². The largest absolute Gasteiger partial charge is 0.351 e. The van der Waals surface area contributed by atoms with Crippen molar-refractivity contribution in [1.29, 1.82) is 0 Å². The van der Waals surface area contributed by atoms with E-state index in [0.717, 1.165) is 47.9 Å². The summed E-state index contributed by atoms with van der Waals surface area (Å²) in [6, 6.07) is 12.6. The van der Waals surface area contributed by atoms with Crippen molar-refractivity contribution in [3.05, 3.63) is 64.9 Å². The Kier molecular flexibility index (Phi) is 7.58. The van der Waals surface area contributed by atoms with Crippen LogP contribution < -0.4 is 10.0 Å². The maximum absolute atomic E-state index is 12.8. The van der Waals surface area contributed by atoms with Crippen LogP contribution in [0.1, 0.15) is 36.8 Å². The van der Waals surface area contributed by atoms with E-state index in [1.807, 2.05) is 19.9 Å². The second kappa shape index (κ2) is 10.9. The average Bonchev–Trinajstić information content (AvgIpc) is 2.89. The van der Waals surface area contributed by atoms with Gasteiger partial charge in [-0.25, -0.2) is 28.4 Å². The van der Waals surface area contributed by atoms with Gasteiger partial charge >= 0.3 is 0 Å². The van der Waals surface area contributed by atoms with Gasteiger partial charge < -0.3 is 10.2 Å². The van der Waals surface area contributed by atoms with Gasteiger partial charge in [0.25, 0.3) is 10.0 Å². The number of pyridine rings is 2. The lowest BCUT2D eigenvalue weighted by Crippen LogP contribution is -2.36. The summed E-state index contributed by atoms with van der Waals surface area (Å²) in [7, 11) is 0.351. The number of hydrogen-bond acceptors (Lipinski definition) is 8. The molecule has 1 aromatic carbocycles. The third kappa shape index (κ3) is 5.91. The fourth-order valence-corrected chi connectivity index (χ4v) is 6.40. The predicted molar refractivity (Wildman–Crippen MR) is 153 cm³/mol. The molecular weight excluding hydrogens is 534 g/mol. The lowest BCUT2D eigenvalue weighted by Gasteiger charge is -2.32. The second-order valence-corrected chi connectivity index (χ2v) is 12.2. The molecule has 0 spiro atoms. The van der Waals surface area contributed by atoms with Crippen LogP contribution in [0, 0.1) is 26.0 Å². The van der Waals surface area contributed by atoms with Gasteiger partial charge in [-0.3, -0.25) is 4.72 Å². The summed E-state index contributed by atoms with van der Waals surface area (Å²) in [6.45, 7) is 3.87. The maximum Gasteiger partial charge on any atom is 0.265 e. The van der Waals surface area contributed by atoms with Gasteiger partial charge in [-0.05, 0) is 95.1 Å². The molecule has 3 heterocycles. The monoisotopic (exact) mass is 563 g/mol. The molecule has 2 N–H and O–H groups in total. The Morgan fingerprint density at radius 3 is 2.49 bits per heavy atom. The third-order valence-corrected chi connectivity index (χ3v) is 8.94. The standard InChI is InChI=1S/C28H30ClN7O2S/c1-17-14-26(35-39(37,38)25-8-6-5-7-22(25)29)30-15-21(17)23-13-18(2)27-24(33-23)16-31-28(34-27)32-19-9-11-20(12-10-19)36(3)4/h6,8,13-16,19-20H,9-12H2,1-4H3,(H,30,35)(H,31,32,34). The number of sulfonamides is 1. The first kappa shape index (κ1) is 27.1. The topological polar surface area (TPSA) is 113 Å².